The third-order valence-electron chi connectivity index (χ3n) is 2.83. The number of amides is 2. The summed E-state index contributed by atoms with van der Waals surface area (Å²) in [6.07, 6.45) is -1.38. The van der Waals surface area contributed by atoms with Gasteiger partial charge in [0.1, 0.15) is 12.1 Å². The number of imide groups is 1. The Morgan fingerprint density at radius 1 is 1.33 bits per heavy atom. The monoisotopic (exact) mass is 255 g/mol. The summed E-state index contributed by atoms with van der Waals surface area (Å²) in [7, 11) is 0. The summed E-state index contributed by atoms with van der Waals surface area (Å²) in [6.45, 7) is 2.80. The maximum atomic E-state index is 13.2. The van der Waals surface area contributed by atoms with Crippen molar-refractivity contribution in [2.75, 3.05) is 0 Å². The maximum absolute atomic E-state index is 13.2. The van der Waals surface area contributed by atoms with Crippen molar-refractivity contribution in [3.63, 3.8) is 0 Å². The molecule has 0 spiro atoms. The second-order valence-electron chi connectivity index (χ2n) is 4.10. The Balaban J connectivity index is 2.43. The number of carbonyl (C=O) groups excluding carboxylic acids is 2. The Kier molecular flexibility index (Phi) is 3.02. The Bertz CT molecular complexity index is 518. The first-order valence-corrected chi connectivity index (χ1v) is 5.37. The highest BCUT2D eigenvalue weighted by molar-refractivity contribution is 5.92. The zero-order chi connectivity index (χ0) is 13.4. The van der Waals surface area contributed by atoms with Gasteiger partial charge in [-0.1, -0.05) is 6.07 Å². The van der Waals surface area contributed by atoms with Gasteiger partial charge in [0.15, 0.2) is 11.6 Å². The van der Waals surface area contributed by atoms with Crippen LogP contribution >= 0.6 is 0 Å². The fraction of sp³-hybridized carbons (Fsp3) is 0.333. The molecule has 6 heteroatoms. The van der Waals surface area contributed by atoms with E-state index in [0.29, 0.717) is 5.56 Å². The second kappa shape index (κ2) is 4.36. The summed E-state index contributed by atoms with van der Waals surface area (Å²) in [5.41, 5.74) is 0.322. The van der Waals surface area contributed by atoms with Gasteiger partial charge in [-0.05, 0) is 24.6 Å². The Hall–Kier alpha value is -1.98. The molecule has 4 nitrogen and oxygen atoms in total. The SMILES string of the molecule is CC(=O)N1C(=O)OC(C)C1c1ccc(F)c(F)c1. The van der Waals surface area contributed by atoms with E-state index in [-0.39, 0.29) is 0 Å². The van der Waals surface area contributed by atoms with Crippen LogP contribution in [0.15, 0.2) is 18.2 Å². The smallest absolute Gasteiger partial charge is 0.417 e. The van der Waals surface area contributed by atoms with Crippen LogP contribution in [-0.2, 0) is 9.53 Å². The second-order valence-corrected chi connectivity index (χ2v) is 4.10. The molecule has 0 radical (unpaired) electrons. The first-order valence-electron chi connectivity index (χ1n) is 5.37. The van der Waals surface area contributed by atoms with Gasteiger partial charge in [-0.3, -0.25) is 4.79 Å². The van der Waals surface area contributed by atoms with Gasteiger partial charge in [-0.15, -0.1) is 0 Å². The molecule has 1 heterocycles. The lowest BCUT2D eigenvalue weighted by molar-refractivity contribution is -0.127. The first-order chi connectivity index (χ1) is 8.41. The highest BCUT2D eigenvalue weighted by Gasteiger charge is 2.42. The van der Waals surface area contributed by atoms with E-state index in [1.54, 1.807) is 6.92 Å². The summed E-state index contributed by atoms with van der Waals surface area (Å²) < 4.78 is 31.0. The molecule has 1 aromatic rings. The average Bonchev–Trinajstić information content (AvgIpc) is 2.57. The summed E-state index contributed by atoms with van der Waals surface area (Å²) in [6, 6.07) is 2.52. The number of carbonyl (C=O) groups is 2. The van der Waals surface area contributed by atoms with Crippen molar-refractivity contribution >= 4 is 12.0 Å². The molecule has 0 saturated carbocycles. The molecule has 0 aromatic heterocycles. The van der Waals surface area contributed by atoms with Gasteiger partial charge in [-0.25, -0.2) is 18.5 Å². The van der Waals surface area contributed by atoms with E-state index < -0.39 is 35.8 Å². The lowest BCUT2D eigenvalue weighted by atomic mass is 10.0. The van der Waals surface area contributed by atoms with Gasteiger partial charge in [-0.2, -0.15) is 0 Å². The standard InChI is InChI=1S/C12H11F2NO3/c1-6-11(15(7(2)16)12(17)18-6)8-3-4-9(13)10(14)5-8/h3-6,11H,1-2H3. The van der Waals surface area contributed by atoms with Crippen LogP contribution in [0.5, 0.6) is 0 Å². The molecule has 0 N–H and O–H groups in total. The maximum Gasteiger partial charge on any atom is 0.417 e. The number of cyclic esters (lactones) is 1. The van der Waals surface area contributed by atoms with Crippen molar-refractivity contribution in [1.82, 2.24) is 4.90 Å². The molecule has 1 aliphatic rings. The minimum Gasteiger partial charge on any atom is -0.443 e. The van der Waals surface area contributed by atoms with Crippen LogP contribution in [0.25, 0.3) is 0 Å². The van der Waals surface area contributed by atoms with Crippen LogP contribution in [-0.4, -0.2) is 23.0 Å². The largest absolute Gasteiger partial charge is 0.443 e. The number of hydrogen-bond acceptors (Lipinski definition) is 3. The van der Waals surface area contributed by atoms with Crippen LogP contribution in [0.4, 0.5) is 13.6 Å². The fourth-order valence-electron chi connectivity index (χ4n) is 2.04. The van der Waals surface area contributed by atoms with Crippen molar-refractivity contribution < 1.29 is 23.1 Å². The molecule has 1 saturated heterocycles. The zero-order valence-corrected chi connectivity index (χ0v) is 9.81. The normalized spacial score (nSPS) is 23.1. The molecule has 1 fully saturated rings. The third kappa shape index (κ3) is 1.94. The Morgan fingerprint density at radius 3 is 2.56 bits per heavy atom. The van der Waals surface area contributed by atoms with E-state index in [2.05, 4.69) is 0 Å². The van der Waals surface area contributed by atoms with Crippen molar-refractivity contribution in [3.8, 4) is 0 Å². The molecule has 2 unspecified atom stereocenters. The van der Waals surface area contributed by atoms with E-state index in [1.165, 1.54) is 13.0 Å². The van der Waals surface area contributed by atoms with E-state index in [9.17, 15) is 18.4 Å². The van der Waals surface area contributed by atoms with Crippen LogP contribution in [0.1, 0.15) is 25.5 Å². The zero-order valence-electron chi connectivity index (χ0n) is 9.81. The van der Waals surface area contributed by atoms with Crippen LogP contribution in [0.3, 0.4) is 0 Å². The molecule has 2 atom stereocenters. The summed E-state index contributed by atoms with van der Waals surface area (Å²) >= 11 is 0. The summed E-state index contributed by atoms with van der Waals surface area (Å²) in [4.78, 5) is 23.8. The van der Waals surface area contributed by atoms with Gasteiger partial charge in [0.2, 0.25) is 5.91 Å². The molecule has 18 heavy (non-hydrogen) atoms. The van der Waals surface area contributed by atoms with Gasteiger partial charge >= 0.3 is 6.09 Å². The van der Waals surface area contributed by atoms with E-state index >= 15 is 0 Å². The lowest BCUT2D eigenvalue weighted by Gasteiger charge is -2.20. The molecule has 1 aromatic carbocycles. The topological polar surface area (TPSA) is 46.6 Å². The van der Waals surface area contributed by atoms with E-state index in [0.717, 1.165) is 17.0 Å². The molecule has 0 aliphatic carbocycles. The Labute approximate surface area is 102 Å². The predicted molar refractivity (Wildman–Crippen MR) is 57.6 cm³/mol. The van der Waals surface area contributed by atoms with Crippen molar-refractivity contribution in [3.05, 3.63) is 35.4 Å². The first kappa shape index (κ1) is 12.5. The molecule has 0 bridgehead atoms. The molecular weight excluding hydrogens is 244 g/mol. The number of ether oxygens (including phenoxy) is 1. The van der Waals surface area contributed by atoms with Crippen LogP contribution < -0.4 is 0 Å². The summed E-state index contributed by atoms with van der Waals surface area (Å²) in [5, 5.41) is 0. The predicted octanol–water partition coefficient (Wildman–Crippen LogP) is 2.39. The average molecular weight is 255 g/mol. The van der Waals surface area contributed by atoms with Crippen molar-refractivity contribution in [1.29, 1.82) is 0 Å². The number of benzene rings is 1. The minimum absolute atomic E-state index is 0.322. The van der Waals surface area contributed by atoms with Crippen molar-refractivity contribution in [2.24, 2.45) is 0 Å². The quantitative estimate of drug-likeness (QED) is 0.774. The van der Waals surface area contributed by atoms with Gasteiger partial charge in [0.05, 0.1) is 0 Å². The number of halogens is 2. The van der Waals surface area contributed by atoms with Crippen LogP contribution in [0, 0.1) is 11.6 Å². The number of hydrogen-bond donors (Lipinski definition) is 0. The molecular formula is C12H11F2NO3. The number of nitrogens with zero attached hydrogens (tertiary/aromatic N) is 1. The fourth-order valence-corrected chi connectivity index (χ4v) is 2.04. The van der Waals surface area contributed by atoms with Gasteiger partial charge in [0, 0.05) is 6.92 Å². The number of rotatable bonds is 1. The van der Waals surface area contributed by atoms with Crippen molar-refractivity contribution in [2.45, 2.75) is 26.0 Å². The minimum atomic E-state index is -1.03. The third-order valence-corrected chi connectivity index (χ3v) is 2.83. The molecule has 96 valence electrons. The van der Waals surface area contributed by atoms with E-state index in [4.69, 9.17) is 4.74 Å². The lowest BCUT2D eigenvalue weighted by Crippen LogP contribution is -2.33. The highest BCUT2D eigenvalue weighted by Crippen LogP contribution is 2.33. The molecule has 2 amide bonds. The van der Waals surface area contributed by atoms with E-state index in [1.807, 2.05) is 0 Å². The molecule has 2 rings (SSSR count). The molecule has 1 aliphatic heterocycles. The van der Waals surface area contributed by atoms with Gasteiger partial charge < -0.3 is 4.74 Å². The van der Waals surface area contributed by atoms with Gasteiger partial charge in [0.25, 0.3) is 0 Å². The summed E-state index contributed by atoms with van der Waals surface area (Å²) in [5.74, 6) is -2.51. The van der Waals surface area contributed by atoms with Crippen LogP contribution in [0.2, 0.25) is 0 Å². The Morgan fingerprint density at radius 2 is 2.00 bits per heavy atom. The highest BCUT2D eigenvalue weighted by atomic mass is 19.2.